The summed E-state index contributed by atoms with van der Waals surface area (Å²) in [6.45, 7) is 0.503. The third-order valence-corrected chi connectivity index (χ3v) is 3.42. The molecule has 3 rings (SSSR count). The van der Waals surface area contributed by atoms with Crippen molar-refractivity contribution >= 4 is 28.9 Å². The quantitative estimate of drug-likeness (QED) is 0.870. The first-order chi connectivity index (χ1) is 9.11. The summed E-state index contributed by atoms with van der Waals surface area (Å²) in [4.78, 5) is 0. The number of anilines is 1. The summed E-state index contributed by atoms with van der Waals surface area (Å²) in [5.41, 5.74) is 1.85. The Balaban J connectivity index is 1.86. The topological polar surface area (TPSA) is 41.5 Å². The van der Waals surface area contributed by atoms with Gasteiger partial charge in [-0.25, -0.2) is 0 Å². The van der Waals surface area contributed by atoms with E-state index in [2.05, 4.69) is 5.32 Å². The van der Waals surface area contributed by atoms with Gasteiger partial charge in [0.05, 0.1) is 6.04 Å². The van der Waals surface area contributed by atoms with Crippen LogP contribution in [-0.4, -0.2) is 11.7 Å². The van der Waals surface area contributed by atoms with Gasteiger partial charge >= 0.3 is 0 Å². The number of nitrogens with one attached hydrogen (secondary N) is 1. The Morgan fingerprint density at radius 3 is 2.58 bits per heavy atom. The van der Waals surface area contributed by atoms with Gasteiger partial charge < -0.3 is 15.2 Å². The van der Waals surface area contributed by atoms with Crippen LogP contribution in [0.25, 0.3) is 0 Å². The van der Waals surface area contributed by atoms with E-state index in [0.29, 0.717) is 22.4 Å². The normalized spacial score (nSPS) is 16.8. The molecular formula is C14H11Cl2NO2. The average Bonchev–Trinajstić information content (AvgIpc) is 2.70. The van der Waals surface area contributed by atoms with E-state index < -0.39 is 0 Å². The molecule has 0 saturated heterocycles. The smallest absolute Gasteiger partial charge is 0.128 e. The predicted octanol–water partition coefficient (Wildman–Crippen LogP) is 4.24. The highest BCUT2D eigenvalue weighted by Crippen LogP contribution is 2.37. The van der Waals surface area contributed by atoms with Crippen LogP contribution in [0.15, 0.2) is 36.4 Å². The van der Waals surface area contributed by atoms with Gasteiger partial charge in [0.2, 0.25) is 0 Å². The molecule has 2 aromatic carbocycles. The fourth-order valence-corrected chi connectivity index (χ4v) is 2.68. The van der Waals surface area contributed by atoms with Gasteiger partial charge in [-0.05, 0) is 30.3 Å². The number of fused-ring (bicyclic) bond motifs is 1. The highest BCUT2D eigenvalue weighted by atomic mass is 35.5. The van der Waals surface area contributed by atoms with E-state index in [0.717, 1.165) is 11.3 Å². The molecule has 0 fully saturated rings. The molecule has 2 N–H and O–H groups in total. The number of phenols is 1. The summed E-state index contributed by atoms with van der Waals surface area (Å²) in [6, 6.07) is 10.4. The molecule has 1 atom stereocenters. The van der Waals surface area contributed by atoms with E-state index in [1.165, 1.54) is 0 Å². The summed E-state index contributed by atoms with van der Waals surface area (Å²) in [5.74, 6) is 0.899. The fraction of sp³-hybridized carbons (Fsp3) is 0.143. The monoisotopic (exact) mass is 295 g/mol. The molecule has 98 valence electrons. The first-order valence-electron chi connectivity index (χ1n) is 5.80. The Hall–Kier alpha value is -1.58. The van der Waals surface area contributed by atoms with Gasteiger partial charge in [-0.15, -0.1) is 0 Å². The van der Waals surface area contributed by atoms with Crippen LogP contribution >= 0.6 is 23.2 Å². The second kappa shape index (κ2) is 4.83. The lowest BCUT2D eigenvalue weighted by atomic mass is 10.1. The zero-order valence-electron chi connectivity index (χ0n) is 9.86. The fourth-order valence-electron chi connectivity index (χ4n) is 2.16. The molecule has 2 aromatic rings. The minimum absolute atomic E-state index is 0.0186. The van der Waals surface area contributed by atoms with E-state index in [-0.39, 0.29) is 11.8 Å². The van der Waals surface area contributed by atoms with Crippen LogP contribution in [-0.2, 0) is 0 Å². The van der Waals surface area contributed by atoms with Gasteiger partial charge in [-0.2, -0.15) is 0 Å². The molecule has 1 unspecified atom stereocenters. The zero-order chi connectivity index (χ0) is 13.4. The van der Waals surface area contributed by atoms with Crippen LogP contribution < -0.4 is 10.1 Å². The van der Waals surface area contributed by atoms with Crippen molar-refractivity contribution in [3.8, 4) is 11.5 Å². The number of phenolic OH excluding ortho intramolecular Hbond substituents is 1. The van der Waals surface area contributed by atoms with Crippen LogP contribution in [0.2, 0.25) is 10.0 Å². The summed E-state index contributed by atoms with van der Waals surface area (Å²) in [6.07, 6.45) is 0. The number of halogens is 2. The van der Waals surface area contributed by atoms with Gasteiger partial charge in [-0.3, -0.25) is 0 Å². The molecule has 0 bridgehead atoms. The second-order valence-corrected chi connectivity index (χ2v) is 5.26. The van der Waals surface area contributed by atoms with Crippen molar-refractivity contribution < 1.29 is 9.84 Å². The highest BCUT2D eigenvalue weighted by molar-refractivity contribution is 6.35. The number of aromatic hydroxyl groups is 1. The van der Waals surface area contributed by atoms with Crippen molar-refractivity contribution in [3.63, 3.8) is 0 Å². The SMILES string of the molecule is Oc1ccc2c(c1)OCC2Nc1cc(Cl)cc(Cl)c1. The van der Waals surface area contributed by atoms with Crippen molar-refractivity contribution in [2.75, 3.05) is 11.9 Å². The van der Waals surface area contributed by atoms with Crippen LogP contribution in [0, 0.1) is 0 Å². The lowest BCUT2D eigenvalue weighted by Crippen LogP contribution is -2.11. The molecule has 3 nitrogen and oxygen atoms in total. The Morgan fingerprint density at radius 2 is 1.84 bits per heavy atom. The second-order valence-electron chi connectivity index (χ2n) is 4.39. The van der Waals surface area contributed by atoms with Crippen LogP contribution in [0.5, 0.6) is 11.5 Å². The molecule has 1 aliphatic heterocycles. The molecule has 0 amide bonds. The van der Waals surface area contributed by atoms with Crippen molar-refractivity contribution in [3.05, 3.63) is 52.0 Å². The van der Waals surface area contributed by atoms with Gasteiger partial charge in [0.15, 0.2) is 0 Å². The summed E-state index contributed by atoms with van der Waals surface area (Å²) < 4.78 is 5.54. The minimum atomic E-state index is 0.0186. The molecular weight excluding hydrogens is 285 g/mol. The summed E-state index contributed by atoms with van der Waals surface area (Å²) in [7, 11) is 0. The molecule has 5 heteroatoms. The summed E-state index contributed by atoms with van der Waals surface area (Å²) >= 11 is 11.9. The van der Waals surface area contributed by atoms with E-state index >= 15 is 0 Å². The number of rotatable bonds is 2. The van der Waals surface area contributed by atoms with Crippen molar-refractivity contribution in [2.45, 2.75) is 6.04 Å². The van der Waals surface area contributed by atoms with E-state index in [4.69, 9.17) is 27.9 Å². The largest absolute Gasteiger partial charge is 0.508 e. The minimum Gasteiger partial charge on any atom is -0.508 e. The zero-order valence-corrected chi connectivity index (χ0v) is 11.4. The first-order valence-corrected chi connectivity index (χ1v) is 6.56. The maximum atomic E-state index is 9.41. The van der Waals surface area contributed by atoms with Crippen LogP contribution in [0.4, 0.5) is 5.69 Å². The molecule has 0 spiro atoms. The first kappa shape index (κ1) is 12.5. The predicted molar refractivity (Wildman–Crippen MR) is 76.4 cm³/mol. The third kappa shape index (κ3) is 2.57. The number of hydrogen-bond acceptors (Lipinski definition) is 3. The van der Waals surface area contributed by atoms with Crippen LogP contribution in [0.3, 0.4) is 0 Å². The highest BCUT2D eigenvalue weighted by Gasteiger charge is 2.24. The van der Waals surface area contributed by atoms with Gasteiger partial charge in [0.1, 0.15) is 18.1 Å². The van der Waals surface area contributed by atoms with Gasteiger partial charge in [0.25, 0.3) is 0 Å². The van der Waals surface area contributed by atoms with Crippen molar-refractivity contribution in [1.29, 1.82) is 0 Å². The lowest BCUT2D eigenvalue weighted by Gasteiger charge is -2.13. The maximum Gasteiger partial charge on any atom is 0.128 e. The van der Waals surface area contributed by atoms with Crippen molar-refractivity contribution in [1.82, 2.24) is 0 Å². The van der Waals surface area contributed by atoms with Gasteiger partial charge in [-0.1, -0.05) is 23.2 Å². The molecule has 0 aliphatic carbocycles. The Morgan fingerprint density at radius 1 is 1.11 bits per heavy atom. The molecule has 0 saturated carbocycles. The Labute approximate surface area is 120 Å². The summed E-state index contributed by atoms with van der Waals surface area (Å²) in [5, 5.41) is 13.9. The lowest BCUT2D eigenvalue weighted by molar-refractivity contribution is 0.338. The van der Waals surface area contributed by atoms with Crippen LogP contribution in [0.1, 0.15) is 11.6 Å². The van der Waals surface area contributed by atoms with Gasteiger partial charge in [0, 0.05) is 27.4 Å². The molecule has 19 heavy (non-hydrogen) atoms. The number of benzene rings is 2. The molecule has 0 aromatic heterocycles. The maximum absolute atomic E-state index is 9.41. The Kier molecular flexibility index (Phi) is 3.17. The van der Waals surface area contributed by atoms with E-state index in [1.807, 2.05) is 18.2 Å². The third-order valence-electron chi connectivity index (χ3n) is 2.98. The van der Waals surface area contributed by atoms with E-state index in [1.54, 1.807) is 18.2 Å². The molecule has 0 radical (unpaired) electrons. The standard InChI is InChI=1S/C14H11Cl2NO2/c15-8-3-9(16)5-10(4-8)17-13-7-19-14-6-11(18)1-2-12(13)14/h1-6,13,17-18H,7H2. The number of ether oxygens (including phenoxy) is 1. The number of hydrogen-bond donors (Lipinski definition) is 2. The molecule has 1 heterocycles. The molecule has 1 aliphatic rings. The Bertz CT molecular complexity index is 611. The van der Waals surface area contributed by atoms with E-state index in [9.17, 15) is 5.11 Å². The average molecular weight is 296 g/mol. The van der Waals surface area contributed by atoms with Crippen molar-refractivity contribution in [2.24, 2.45) is 0 Å².